The summed E-state index contributed by atoms with van der Waals surface area (Å²) in [4.78, 5) is 2.57. The second-order valence-electron chi connectivity index (χ2n) is 6.15. The zero-order valence-corrected chi connectivity index (χ0v) is 11.8. The van der Waals surface area contributed by atoms with Crippen LogP contribution >= 0.6 is 0 Å². The molecule has 2 heterocycles. The van der Waals surface area contributed by atoms with Crippen molar-refractivity contribution in [1.82, 2.24) is 20.0 Å². The van der Waals surface area contributed by atoms with Crippen molar-refractivity contribution in [3.05, 3.63) is 11.9 Å². The fraction of sp³-hybridized carbons (Fsp3) is 0.786. The zero-order valence-electron chi connectivity index (χ0n) is 11.8. The number of nitrogens with zero attached hydrogens (tertiary/aromatic N) is 3. The van der Waals surface area contributed by atoms with Gasteiger partial charge in [0, 0.05) is 26.2 Å². The molecule has 1 aliphatic carbocycles. The maximum atomic E-state index is 9.82. The van der Waals surface area contributed by atoms with Gasteiger partial charge in [-0.1, -0.05) is 0 Å². The van der Waals surface area contributed by atoms with Gasteiger partial charge in [0.25, 0.3) is 0 Å². The summed E-state index contributed by atoms with van der Waals surface area (Å²) in [6.07, 6.45) is 5.70. The van der Waals surface area contributed by atoms with E-state index in [4.69, 9.17) is 0 Å². The molecule has 1 aromatic rings. The van der Waals surface area contributed by atoms with Crippen LogP contribution in [0.2, 0.25) is 0 Å². The van der Waals surface area contributed by atoms with E-state index in [0.717, 1.165) is 18.2 Å². The van der Waals surface area contributed by atoms with E-state index in [9.17, 15) is 5.11 Å². The van der Waals surface area contributed by atoms with Crippen molar-refractivity contribution in [3.8, 4) is 5.75 Å². The number of aromatic nitrogens is 2. The molecular formula is C14H24N4O. The zero-order chi connectivity index (χ0) is 13.4. The third-order valence-corrected chi connectivity index (χ3v) is 4.22. The molecule has 0 aromatic carbocycles. The SMILES string of the molecule is CC(NC1CCN(CC2CC2)C1)c1nn(C)cc1O. The van der Waals surface area contributed by atoms with Gasteiger partial charge in [0.15, 0.2) is 5.75 Å². The van der Waals surface area contributed by atoms with Crippen LogP contribution in [-0.2, 0) is 7.05 Å². The highest BCUT2D eigenvalue weighted by molar-refractivity contribution is 5.25. The topological polar surface area (TPSA) is 53.3 Å². The number of hydrogen-bond donors (Lipinski definition) is 2. The molecule has 2 aliphatic rings. The normalized spacial score (nSPS) is 25.9. The molecular weight excluding hydrogens is 240 g/mol. The van der Waals surface area contributed by atoms with Gasteiger partial charge in [0.05, 0.1) is 12.2 Å². The average Bonchev–Trinajstić information content (AvgIpc) is 2.94. The second-order valence-corrected chi connectivity index (χ2v) is 6.15. The molecule has 2 unspecified atom stereocenters. The fourth-order valence-corrected chi connectivity index (χ4v) is 3.03. The molecule has 1 saturated heterocycles. The molecule has 0 spiro atoms. The van der Waals surface area contributed by atoms with E-state index < -0.39 is 0 Å². The monoisotopic (exact) mass is 264 g/mol. The van der Waals surface area contributed by atoms with E-state index >= 15 is 0 Å². The van der Waals surface area contributed by atoms with E-state index in [1.165, 1.54) is 32.4 Å². The average molecular weight is 264 g/mol. The number of aromatic hydroxyl groups is 1. The molecule has 0 bridgehead atoms. The lowest BCUT2D eigenvalue weighted by molar-refractivity contribution is 0.309. The van der Waals surface area contributed by atoms with Gasteiger partial charge < -0.3 is 15.3 Å². The molecule has 5 heteroatoms. The summed E-state index contributed by atoms with van der Waals surface area (Å²) in [5, 5.41) is 17.7. The van der Waals surface area contributed by atoms with Crippen molar-refractivity contribution in [2.45, 2.75) is 38.3 Å². The van der Waals surface area contributed by atoms with Crippen molar-refractivity contribution >= 4 is 0 Å². The summed E-state index contributed by atoms with van der Waals surface area (Å²) in [5.41, 5.74) is 0.753. The highest BCUT2D eigenvalue weighted by Crippen LogP contribution is 2.31. The van der Waals surface area contributed by atoms with Gasteiger partial charge in [0.2, 0.25) is 0 Å². The van der Waals surface area contributed by atoms with Crippen LogP contribution in [0.25, 0.3) is 0 Å². The molecule has 0 radical (unpaired) electrons. The van der Waals surface area contributed by atoms with Gasteiger partial charge in [-0.05, 0) is 38.6 Å². The largest absolute Gasteiger partial charge is 0.504 e. The molecule has 3 rings (SSSR count). The minimum absolute atomic E-state index is 0.104. The summed E-state index contributed by atoms with van der Waals surface area (Å²) < 4.78 is 1.66. The van der Waals surface area contributed by atoms with Crippen molar-refractivity contribution in [3.63, 3.8) is 0 Å². The lowest BCUT2D eigenvalue weighted by atomic mass is 10.2. The maximum absolute atomic E-state index is 9.82. The minimum Gasteiger partial charge on any atom is -0.504 e. The Balaban J connectivity index is 1.52. The molecule has 1 aromatic heterocycles. The van der Waals surface area contributed by atoms with Crippen molar-refractivity contribution in [2.24, 2.45) is 13.0 Å². The first-order valence-corrected chi connectivity index (χ1v) is 7.32. The second kappa shape index (κ2) is 5.13. The van der Waals surface area contributed by atoms with Crippen LogP contribution in [0.4, 0.5) is 0 Å². The quantitative estimate of drug-likeness (QED) is 0.841. The van der Waals surface area contributed by atoms with Crippen molar-refractivity contribution < 1.29 is 5.11 Å². The van der Waals surface area contributed by atoms with E-state index in [2.05, 4.69) is 22.2 Å². The van der Waals surface area contributed by atoms with Crippen LogP contribution in [0.5, 0.6) is 5.75 Å². The number of aryl methyl sites for hydroxylation is 1. The third kappa shape index (κ3) is 3.09. The van der Waals surface area contributed by atoms with Crippen molar-refractivity contribution in [1.29, 1.82) is 0 Å². The summed E-state index contributed by atoms with van der Waals surface area (Å²) in [7, 11) is 1.84. The van der Waals surface area contributed by atoms with Gasteiger partial charge in [-0.15, -0.1) is 0 Å². The van der Waals surface area contributed by atoms with E-state index in [1.54, 1.807) is 10.9 Å². The van der Waals surface area contributed by atoms with Crippen molar-refractivity contribution in [2.75, 3.05) is 19.6 Å². The Morgan fingerprint density at radius 1 is 1.47 bits per heavy atom. The van der Waals surface area contributed by atoms with E-state index in [1.807, 2.05) is 7.05 Å². The highest BCUT2D eigenvalue weighted by Gasteiger charge is 2.30. The predicted molar refractivity (Wildman–Crippen MR) is 74.0 cm³/mol. The molecule has 5 nitrogen and oxygen atoms in total. The van der Waals surface area contributed by atoms with Gasteiger partial charge in [-0.2, -0.15) is 5.10 Å². The third-order valence-electron chi connectivity index (χ3n) is 4.22. The summed E-state index contributed by atoms with van der Waals surface area (Å²) in [6, 6.07) is 0.627. The molecule has 0 amide bonds. The fourth-order valence-electron chi connectivity index (χ4n) is 3.03. The molecule has 1 saturated carbocycles. The lowest BCUT2D eigenvalue weighted by Gasteiger charge is -2.19. The molecule has 2 atom stereocenters. The van der Waals surface area contributed by atoms with Crippen LogP contribution in [0, 0.1) is 5.92 Å². The number of nitrogens with one attached hydrogen (secondary N) is 1. The van der Waals surface area contributed by atoms with E-state index in [-0.39, 0.29) is 11.8 Å². The molecule has 2 N–H and O–H groups in total. The van der Waals surface area contributed by atoms with Gasteiger partial charge in [0.1, 0.15) is 5.69 Å². The Hall–Kier alpha value is -1.07. The Morgan fingerprint density at radius 2 is 2.26 bits per heavy atom. The summed E-state index contributed by atoms with van der Waals surface area (Å²) in [5.74, 6) is 1.26. The van der Waals surface area contributed by atoms with Gasteiger partial charge in [-0.3, -0.25) is 4.68 Å². The number of rotatable bonds is 5. The van der Waals surface area contributed by atoms with Crippen LogP contribution in [0.3, 0.4) is 0 Å². The van der Waals surface area contributed by atoms with Gasteiger partial charge in [-0.25, -0.2) is 0 Å². The Kier molecular flexibility index (Phi) is 3.50. The first-order valence-electron chi connectivity index (χ1n) is 7.32. The highest BCUT2D eigenvalue weighted by atomic mass is 16.3. The van der Waals surface area contributed by atoms with E-state index in [0.29, 0.717) is 6.04 Å². The van der Waals surface area contributed by atoms with Crippen LogP contribution in [0.1, 0.15) is 37.9 Å². The smallest absolute Gasteiger partial charge is 0.158 e. The standard InChI is InChI=1S/C14H24N4O/c1-10(14-13(19)9-17(2)16-14)15-12-5-6-18(8-12)7-11-3-4-11/h9-12,15,19H,3-8H2,1-2H3. The summed E-state index contributed by atoms with van der Waals surface area (Å²) >= 11 is 0. The Labute approximate surface area is 114 Å². The maximum Gasteiger partial charge on any atom is 0.158 e. The number of likely N-dealkylation sites (tertiary alicyclic amines) is 1. The molecule has 106 valence electrons. The van der Waals surface area contributed by atoms with Crippen LogP contribution in [0.15, 0.2) is 6.20 Å². The van der Waals surface area contributed by atoms with Crippen LogP contribution < -0.4 is 5.32 Å². The molecule has 1 aliphatic heterocycles. The number of hydrogen-bond acceptors (Lipinski definition) is 4. The molecule has 2 fully saturated rings. The Bertz CT molecular complexity index is 441. The first-order chi connectivity index (χ1) is 9.11. The predicted octanol–water partition coefficient (Wildman–Crippen LogP) is 1.26. The first kappa shape index (κ1) is 12.9. The minimum atomic E-state index is 0.104. The summed E-state index contributed by atoms with van der Waals surface area (Å²) in [6.45, 7) is 5.69. The van der Waals surface area contributed by atoms with Crippen LogP contribution in [-0.4, -0.2) is 45.5 Å². The molecule has 19 heavy (non-hydrogen) atoms. The Morgan fingerprint density at radius 3 is 2.89 bits per heavy atom. The lowest BCUT2D eigenvalue weighted by Crippen LogP contribution is -2.35. The van der Waals surface area contributed by atoms with Gasteiger partial charge >= 0.3 is 0 Å².